The zero-order valence-electron chi connectivity index (χ0n) is 10.4. The van der Waals surface area contributed by atoms with E-state index >= 15 is 0 Å². The van der Waals surface area contributed by atoms with Crippen molar-refractivity contribution in [3.8, 4) is 5.75 Å². The Balaban J connectivity index is 2.33. The Morgan fingerprint density at radius 2 is 1.79 bits per heavy atom. The molecule has 0 heterocycles. The maximum absolute atomic E-state index is 12.9. The fraction of sp³-hybridized carbons (Fsp3) is 0.500. The SMILES string of the molecule is CC(CCOc1cc(F)cc(F)c1)CCS(=O)(=O)Cl. The molecule has 0 aliphatic heterocycles. The third-order valence-electron chi connectivity index (χ3n) is 2.57. The van der Waals surface area contributed by atoms with Crippen molar-refractivity contribution < 1.29 is 21.9 Å². The Bertz CT molecular complexity index is 499. The molecular formula is C12H15ClF2O3S. The van der Waals surface area contributed by atoms with E-state index in [1.54, 1.807) is 0 Å². The summed E-state index contributed by atoms with van der Waals surface area (Å²) >= 11 is 0. The van der Waals surface area contributed by atoms with E-state index in [2.05, 4.69) is 0 Å². The lowest BCUT2D eigenvalue weighted by atomic mass is 10.1. The smallest absolute Gasteiger partial charge is 0.232 e. The summed E-state index contributed by atoms with van der Waals surface area (Å²) in [6.45, 7) is 2.12. The Hall–Kier alpha value is -0.880. The highest BCUT2D eigenvalue weighted by Gasteiger charge is 2.10. The van der Waals surface area contributed by atoms with Gasteiger partial charge in [-0.3, -0.25) is 0 Å². The predicted octanol–water partition coefficient (Wildman–Crippen LogP) is 3.33. The first kappa shape index (κ1) is 16.2. The van der Waals surface area contributed by atoms with E-state index in [0.717, 1.165) is 18.2 Å². The van der Waals surface area contributed by atoms with Crippen LogP contribution in [-0.4, -0.2) is 20.8 Å². The van der Waals surface area contributed by atoms with Crippen molar-refractivity contribution in [2.45, 2.75) is 19.8 Å². The van der Waals surface area contributed by atoms with Crippen LogP contribution in [-0.2, 0) is 9.05 Å². The quantitative estimate of drug-likeness (QED) is 0.725. The van der Waals surface area contributed by atoms with Gasteiger partial charge in [-0.2, -0.15) is 0 Å². The summed E-state index contributed by atoms with van der Waals surface area (Å²) in [7, 11) is 1.62. The van der Waals surface area contributed by atoms with Gasteiger partial charge in [0.15, 0.2) is 0 Å². The highest BCUT2D eigenvalue weighted by molar-refractivity contribution is 8.13. The van der Waals surface area contributed by atoms with Gasteiger partial charge < -0.3 is 4.74 Å². The molecule has 1 rings (SSSR count). The van der Waals surface area contributed by atoms with Crippen LogP contribution in [0.3, 0.4) is 0 Å². The number of hydrogen-bond donors (Lipinski definition) is 0. The molecule has 19 heavy (non-hydrogen) atoms. The van der Waals surface area contributed by atoms with Gasteiger partial charge >= 0.3 is 0 Å². The average molecular weight is 313 g/mol. The Morgan fingerprint density at radius 1 is 1.21 bits per heavy atom. The van der Waals surface area contributed by atoms with E-state index in [1.165, 1.54) is 0 Å². The highest BCUT2D eigenvalue weighted by atomic mass is 35.7. The Labute approximate surface area is 115 Å². The van der Waals surface area contributed by atoms with Crippen molar-refractivity contribution in [1.82, 2.24) is 0 Å². The van der Waals surface area contributed by atoms with Crippen molar-refractivity contribution in [3.05, 3.63) is 29.8 Å². The van der Waals surface area contributed by atoms with E-state index in [-0.39, 0.29) is 24.0 Å². The van der Waals surface area contributed by atoms with Crippen LogP contribution in [0.1, 0.15) is 19.8 Å². The summed E-state index contributed by atoms with van der Waals surface area (Å²) < 4.78 is 52.5. The second kappa shape index (κ2) is 7.05. The van der Waals surface area contributed by atoms with Crippen molar-refractivity contribution in [2.75, 3.05) is 12.4 Å². The molecule has 108 valence electrons. The third-order valence-corrected chi connectivity index (χ3v) is 3.76. The van der Waals surface area contributed by atoms with Crippen LogP contribution in [0.4, 0.5) is 8.78 Å². The molecule has 0 bridgehead atoms. The molecule has 0 saturated heterocycles. The number of hydrogen-bond acceptors (Lipinski definition) is 3. The van der Waals surface area contributed by atoms with E-state index in [4.69, 9.17) is 15.4 Å². The van der Waals surface area contributed by atoms with Crippen molar-refractivity contribution in [1.29, 1.82) is 0 Å². The molecule has 0 amide bonds. The zero-order chi connectivity index (χ0) is 14.5. The van der Waals surface area contributed by atoms with E-state index in [9.17, 15) is 17.2 Å². The Kier molecular flexibility index (Phi) is 6.00. The van der Waals surface area contributed by atoms with E-state index < -0.39 is 20.7 Å². The lowest BCUT2D eigenvalue weighted by Gasteiger charge is -2.11. The van der Waals surface area contributed by atoms with Crippen molar-refractivity contribution >= 4 is 19.7 Å². The molecule has 1 aromatic rings. The molecule has 0 aliphatic carbocycles. The maximum Gasteiger partial charge on any atom is 0.232 e. The van der Waals surface area contributed by atoms with Gasteiger partial charge in [0, 0.05) is 28.9 Å². The molecule has 7 heteroatoms. The lowest BCUT2D eigenvalue weighted by Crippen LogP contribution is -2.08. The minimum Gasteiger partial charge on any atom is -0.493 e. The van der Waals surface area contributed by atoms with Crippen LogP contribution in [0.25, 0.3) is 0 Å². The van der Waals surface area contributed by atoms with Crippen LogP contribution in [0.5, 0.6) is 5.75 Å². The van der Waals surface area contributed by atoms with Crippen LogP contribution in [0.15, 0.2) is 18.2 Å². The van der Waals surface area contributed by atoms with Gasteiger partial charge in [-0.25, -0.2) is 17.2 Å². The predicted molar refractivity (Wildman–Crippen MR) is 69.9 cm³/mol. The first-order valence-electron chi connectivity index (χ1n) is 5.77. The van der Waals surface area contributed by atoms with Gasteiger partial charge in [0.25, 0.3) is 0 Å². The minimum atomic E-state index is -3.48. The van der Waals surface area contributed by atoms with Gasteiger partial charge in [0.1, 0.15) is 17.4 Å². The summed E-state index contributed by atoms with van der Waals surface area (Å²) in [5.41, 5.74) is 0. The van der Waals surface area contributed by atoms with Crippen molar-refractivity contribution in [3.63, 3.8) is 0 Å². The number of halogens is 3. The molecule has 1 atom stereocenters. The number of ether oxygens (including phenoxy) is 1. The topological polar surface area (TPSA) is 43.4 Å². The summed E-state index contributed by atoms with van der Waals surface area (Å²) in [5, 5.41) is 0. The molecule has 0 N–H and O–H groups in total. The van der Waals surface area contributed by atoms with Gasteiger partial charge in [-0.15, -0.1) is 0 Å². The zero-order valence-corrected chi connectivity index (χ0v) is 12.0. The summed E-state index contributed by atoms with van der Waals surface area (Å²) in [5.74, 6) is -1.28. The van der Waals surface area contributed by atoms with Crippen LogP contribution in [0, 0.1) is 17.6 Å². The summed E-state index contributed by atoms with van der Waals surface area (Å²) in [4.78, 5) is 0. The van der Waals surface area contributed by atoms with Crippen LogP contribution >= 0.6 is 10.7 Å². The second-order valence-corrected chi connectivity index (χ2v) is 7.28. The second-order valence-electron chi connectivity index (χ2n) is 4.38. The first-order chi connectivity index (χ1) is 8.76. The monoisotopic (exact) mass is 312 g/mol. The van der Waals surface area contributed by atoms with E-state index in [1.807, 2.05) is 6.92 Å². The normalized spacial score (nSPS) is 13.3. The molecule has 0 aromatic heterocycles. The van der Waals surface area contributed by atoms with Crippen LogP contribution < -0.4 is 4.74 Å². The van der Waals surface area contributed by atoms with Gasteiger partial charge in [0.2, 0.25) is 9.05 Å². The summed E-state index contributed by atoms with van der Waals surface area (Å²) in [6, 6.07) is 2.95. The molecule has 0 spiro atoms. The fourth-order valence-electron chi connectivity index (χ4n) is 1.48. The fourth-order valence-corrected chi connectivity index (χ4v) is 2.43. The molecule has 3 nitrogen and oxygen atoms in total. The minimum absolute atomic E-state index is 0.0898. The largest absolute Gasteiger partial charge is 0.493 e. The molecule has 0 fully saturated rings. The molecule has 0 aliphatic rings. The van der Waals surface area contributed by atoms with Gasteiger partial charge in [-0.1, -0.05) is 6.92 Å². The standard InChI is InChI=1S/C12H15ClF2O3S/c1-9(3-5-19(13,16)17)2-4-18-12-7-10(14)6-11(15)8-12/h6-9H,2-5H2,1H3. The van der Waals surface area contributed by atoms with E-state index in [0.29, 0.717) is 12.8 Å². The third kappa shape index (κ3) is 7.32. The van der Waals surface area contributed by atoms with Crippen LogP contribution in [0.2, 0.25) is 0 Å². The van der Waals surface area contributed by atoms with Gasteiger partial charge in [0.05, 0.1) is 12.4 Å². The van der Waals surface area contributed by atoms with Gasteiger partial charge in [-0.05, 0) is 18.8 Å². The number of rotatable bonds is 7. The average Bonchev–Trinajstić information content (AvgIpc) is 2.24. The molecule has 0 radical (unpaired) electrons. The lowest BCUT2D eigenvalue weighted by molar-refractivity contribution is 0.279. The molecular weight excluding hydrogens is 298 g/mol. The molecule has 0 saturated carbocycles. The first-order valence-corrected chi connectivity index (χ1v) is 8.25. The Morgan fingerprint density at radius 3 is 2.32 bits per heavy atom. The molecule has 1 unspecified atom stereocenters. The maximum atomic E-state index is 12.9. The van der Waals surface area contributed by atoms with Crippen molar-refractivity contribution in [2.24, 2.45) is 5.92 Å². The highest BCUT2D eigenvalue weighted by Crippen LogP contribution is 2.17. The number of benzene rings is 1. The molecule has 1 aromatic carbocycles. The summed E-state index contributed by atoms with van der Waals surface area (Å²) in [6.07, 6.45) is 0.997.